The molecule has 0 radical (unpaired) electrons. The topological polar surface area (TPSA) is 119 Å². The number of thiophene rings is 1. The fourth-order valence-electron chi connectivity index (χ4n) is 2.96. The Morgan fingerprint density at radius 2 is 1.94 bits per heavy atom. The van der Waals surface area contributed by atoms with Gasteiger partial charge in [-0.3, -0.25) is 9.10 Å². The van der Waals surface area contributed by atoms with Crippen molar-refractivity contribution < 1.29 is 22.8 Å². The van der Waals surface area contributed by atoms with E-state index in [9.17, 15) is 18.0 Å². The van der Waals surface area contributed by atoms with E-state index < -0.39 is 28.4 Å². The molecule has 1 aromatic heterocycles. The molecule has 0 fully saturated rings. The molecule has 3 rings (SSSR count). The van der Waals surface area contributed by atoms with E-state index in [0.717, 1.165) is 4.31 Å². The maximum Gasteiger partial charge on any atom is 0.356 e. The van der Waals surface area contributed by atoms with Gasteiger partial charge in [0, 0.05) is 16.9 Å². The lowest BCUT2D eigenvalue weighted by Gasteiger charge is -2.25. The van der Waals surface area contributed by atoms with Gasteiger partial charge in [-0.05, 0) is 53.8 Å². The second-order valence-corrected chi connectivity index (χ2v) is 9.79. The molecule has 0 saturated carbocycles. The number of rotatable bonds is 8. The average molecular weight is 494 g/mol. The second kappa shape index (κ2) is 10.1. The summed E-state index contributed by atoms with van der Waals surface area (Å²) in [5, 5.41) is 6.21. The van der Waals surface area contributed by atoms with Gasteiger partial charge in [0.1, 0.15) is 6.54 Å². The summed E-state index contributed by atoms with van der Waals surface area (Å²) < 4.78 is 27.6. The summed E-state index contributed by atoms with van der Waals surface area (Å²) in [6.07, 6.45) is 0. The molecule has 168 valence electrons. The van der Waals surface area contributed by atoms with Crippen molar-refractivity contribution in [3.05, 3.63) is 81.0 Å². The van der Waals surface area contributed by atoms with E-state index in [-0.39, 0.29) is 17.0 Å². The zero-order valence-corrected chi connectivity index (χ0v) is 19.3. The quantitative estimate of drug-likeness (QED) is 0.465. The van der Waals surface area contributed by atoms with Crippen LogP contribution in [0.3, 0.4) is 0 Å². The molecule has 3 aromatic rings. The number of nitrogens with zero attached hydrogens (tertiary/aromatic N) is 1. The van der Waals surface area contributed by atoms with E-state index in [2.05, 4.69) is 10.2 Å². The Bertz CT molecular complexity index is 1230. The molecule has 32 heavy (non-hydrogen) atoms. The van der Waals surface area contributed by atoms with Crippen LogP contribution in [-0.4, -0.2) is 26.8 Å². The fourth-order valence-corrected chi connectivity index (χ4v) is 5.62. The highest BCUT2D eigenvalue weighted by atomic mass is 35.5. The third kappa shape index (κ3) is 5.28. The Labute approximate surface area is 194 Å². The van der Waals surface area contributed by atoms with Crippen LogP contribution in [0.4, 0.5) is 5.69 Å². The van der Waals surface area contributed by atoms with Crippen LogP contribution in [0.1, 0.15) is 21.5 Å². The number of halogens is 1. The molecule has 11 heteroatoms. The van der Waals surface area contributed by atoms with Gasteiger partial charge in [-0.1, -0.05) is 29.8 Å². The smallest absolute Gasteiger partial charge is 0.356 e. The van der Waals surface area contributed by atoms with Crippen LogP contribution in [0.15, 0.2) is 64.2 Å². The number of nitrogens with one attached hydrogen (secondary N) is 1. The van der Waals surface area contributed by atoms with Gasteiger partial charge in [-0.15, -0.1) is 0 Å². The molecule has 0 atom stereocenters. The zero-order valence-electron chi connectivity index (χ0n) is 16.9. The molecule has 0 aliphatic carbocycles. The van der Waals surface area contributed by atoms with Gasteiger partial charge in [0.15, 0.2) is 0 Å². The maximum atomic E-state index is 13.3. The van der Waals surface area contributed by atoms with Gasteiger partial charge in [0.25, 0.3) is 10.0 Å². The molecular formula is C21H20ClN3O5S2. The highest BCUT2D eigenvalue weighted by Gasteiger charge is 2.29. The summed E-state index contributed by atoms with van der Waals surface area (Å²) in [6.45, 7) is 1.31. The summed E-state index contributed by atoms with van der Waals surface area (Å²) in [7, 11) is -4.00. The Balaban J connectivity index is 1.83. The molecule has 0 aliphatic rings. The number of carbonyl (C=O) groups excluding carboxylic acids is 2. The second-order valence-electron chi connectivity index (χ2n) is 6.74. The van der Waals surface area contributed by atoms with Crippen molar-refractivity contribution in [2.45, 2.75) is 18.4 Å². The minimum absolute atomic E-state index is 0.0748. The van der Waals surface area contributed by atoms with Crippen LogP contribution in [0.2, 0.25) is 5.02 Å². The Morgan fingerprint density at radius 1 is 1.19 bits per heavy atom. The average Bonchev–Trinajstić information content (AvgIpc) is 3.34. The molecule has 1 heterocycles. The van der Waals surface area contributed by atoms with E-state index >= 15 is 0 Å². The van der Waals surface area contributed by atoms with Crippen LogP contribution in [0, 0.1) is 6.92 Å². The first-order chi connectivity index (χ1) is 15.2. The molecule has 1 amide bonds. The van der Waals surface area contributed by atoms with E-state index in [1.165, 1.54) is 34.9 Å². The molecule has 0 bridgehead atoms. The monoisotopic (exact) mass is 493 g/mol. The highest BCUT2D eigenvalue weighted by molar-refractivity contribution is 7.93. The molecular weight excluding hydrogens is 474 g/mol. The first kappa shape index (κ1) is 23.7. The van der Waals surface area contributed by atoms with Crippen molar-refractivity contribution in [2.24, 2.45) is 5.90 Å². The Morgan fingerprint density at radius 3 is 2.62 bits per heavy atom. The van der Waals surface area contributed by atoms with Crippen LogP contribution in [0.5, 0.6) is 0 Å². The number of hydrogen-bond acceptors (Lipinski definition) is 7. The minimum atomic E-state index is -4.00. The zero-order chi connectivity index (χ0) is 23.3. The number of hydrogen-bond donors (Lipinski definition) is 2. The lowest BCUT2D eigenvalue weighted by molar-refractivity contribution is -0.119. The Hall–Kier alpha value is -2.92. The van der Waals surface area contributed by atoms with Gasteiger partial charge in [0.05, 0.1) is 16.1 Å². The highest BCUT2D eigenvalue weighted by Crippen LogP contribution is 2.31. The normalized spacial score (nSPS) is 11.1. The lowest BCUT2D eigenvalue weighted by Crippen LogP contribution is -2.41. The number of sulfonamides is 1. The van der Waals surface area contributed by atoms with Gasteiger partial charge >= 0.3 is 5.97 Å². The summed E-state index contributed by atoms with van der Waals surface area (Å²) >= 11 is 7.44. The third-order valence-corrected chi connectivity index (χ3v) is 7.64. The van der Waals surface area contributed by atoms with Crippen molar-refractivity contribution in [3.8, 4) is 0 Å². The molecule has 0 spiro atoms. The van der Waals surface area contributed by atoms with Crippen molar-refractivity contribution in [2.75, 3.05) is 10.8 Å². The van der Waals surface area contributed by atoms with Crippen molar-refractivity contribution in [1.29, 1.82) is 0 Å². The predicted molar refractivity (Wildman–Crippen MR) is 123 cm³/mol. The van der Waals surface area contributed by atoms with Crippen LogP contribution in [-0.2, 0) is 26.2 Å². The van der Waals surface area contributed by atoms with Crippen molar-refractivity contribution in [1.82, 2.24) is 5.32 Å². The summed E-state index contributed by atoms with van der Waals surface area (Å²) in [6, 6.07) is 12.7. The number of nitrogens with two attached hydrogens (primary N) is 1. The van der Waals surface area contributed by atoms with Gasteiger partial charge in [-0.25, -0.2) is 13.2 Å². The first-order valence-corrected chi connectivity index (χ1v) is 12.1. The molecule has 2 aromatic carbocycles. The molecule has 8 nitrogen and oxygen atoms in total. The fraction of sp³-hybridized carbons (Fsp3) is 0.143. The van der Waals surface area contributed by atoms with Crippen LogP contribution in [0.25, 0.3) is 0 Å². The standard InChI is InChI=1S/C21H20ClN3O5S2/c1-14-18(22)6-3-7-19(14)25(32(28,29)17-8-9-31-13-17)12-20(26)24-11-15-4-2-5-16(10-15)21(27)30-23/h2-10,13H,11-12,23H2,1H3,(H,24,26). The van der Waals surface area contributed by atoms with Crippen LogP contribution < -0.4 is 15.5 Å². The van der Waals surface area contributed by atoms with E-state index in [0.29, 0.717) is 21.8 Å². The van der Waals surface area contributed by atoms with Gasteiger partial charge in [0.2, 0.25) is 5.91 Å². The number of carbonyl (C=O) groups is 2. The number of benzene rings is 2. The van der Waals surface area contributed by atoms with E-state index in [1.807, 2.05) is 0 Å². The maximum absolute atomic E-state index is 13.3. The van der Waals surface area contributed by atoms with Gasteiger partial charge < -0.3 is 10.2 Å². The summed E-state index contributed by atoms with van der Waals surface area (Å²) in [5.74, 6) is 3.66. The third-order valence-electron chi connectivity index (χ3n) is 4.64. The largest absolute Gasteiger partial charge is 0.370 e. The number of anilines is 1. The molecule has 0 aliphatic heterocycles. The van der Waals surface area contributed by atoms with Crippen molar-refractivity contribution in [3.63, 3.8) is 0 Å². The van der Waals surface area contributed by atoms with Crippen molar-refractivity contribution >= 4 is 50.5 Å². The van der Waals surface area contributed by atoms with E-state index in [4.69, 9.17) is 17.5 Å². The first-order valence-electron chi connectivity index (χ1n) is 9.31. The number of amides is 1. The van der Waals surface area contributed by atoms with E-state index in [1.54, 1.807) is 42.6 Å². The lowest BCUT2D eigenvalue weighted by atomic mass is 10.1. The predicted octanol–water partition coefficient (Wildman–Crippen LogP) is 3.25. The molecule has 3 N–H and O–H groups in total. The molecule has 0 saturated heterocycles. The summed E-state index contributed by atoms with van der Waals surface area (Å²) in [4.78, 5) is 28.6. The minimum Gasteiger partial charge on any atom is -0.370 e. The SMILES string of the molecule is Cc1c(Cl)cccc1N(CC(=O)NCc1cccc(C(=O)ON)c1)S(=O)(=O)c1ccsc1. The Kier molecular flexibility index (Phi) is 7.52. The van der Waals surface area contributed by atoms with Gasteiger partial charge in [-0.2, -0.15) is 17.2 Å². The van der Waals surface area contributed by atoms with Crippen LogP contribution >= 0.6 is 22.9 Å². The summed E-state index contributed by atoms with van der Waals surface area (Å²) in [5.41, 5.74) is 1.70. The molecule has 0 unspecified atom stereocenters.